The molecule has 0 bridgehead atoms. The van der Waals surface area contributed by atoms with Crippen LogP contribution in [-0.4, -0.2) is 52.1 Å². The van der Waals surface area contributed by atoms with E-state index in [1.165, 1.54) is 0 Å². The molecule has 32 heavy (non-hydrogen) atoms. The Bertz CT molecular complexity index is 1110. The highest BCUT2D eigenvalue weighted by atomic mass is 32.2. The van der Waals surface area contributed by atoms with E-state index in [1.807, 2.05) is 30.3 Å². The fourth-order valence-corrected chi connectivity index (χ4v) is 5.57. The van der Waals surface area contributed by atoms with Crippen LogP contribution in [0.4, 0.5) is 5.69 Å². The second kappa shape index (κ2) is 10.3. The lowest BCUT2D eigenvalue weighted by atomic mass is 10.1. The van der Waals surface area contributed by atoms with Crippen LogP contribution in [-0.2, 0) is 14.8 Å². The van der Waals surface area contributed by atoms with Gasteiger partial charge >= 0.3 is 0 Å². The number of thiophene rings is 1. The largest absolute Gasteiger partial charge is 0.379 e. The molecule has 0 aliphatic carbocycles. The van der Waals surface area contributed by atoms with Gasteiger partial charge in [-0.15, -0.1) is 11.3 Å². The normalized spacial score (nSPS) is 15.8. The molecule has 2 aromatic carbocycles. The first-order chi connectivity index (χ1) is 15.5. The summed E-state index contributed by atoms with van der Waals surface area (Å²) in [4.78, 5) is 15.2. The number of amides is 1. The minimum absolute atomic E-state index is 0.168. The van der Waals surface area contributed by atoms with Gasteiger partial charge in [0.2, 0.25) is 0 Å². The van der Waals surface area contributed by atoms with Crippen LogP contribution in [0.25, 0.3) is 0 Å². The number of carbonyl (C=O) groups excluding carboxylic acids is 1. The Morgan fingerprint density at radius 1 is 1.00 bits per heavy atom. The van der Waals surface area contributed by atoms with Crippen LogP contribution in [0.2, 0.25) is 0 Å². The highest BCUT2D eigenvalue weighted by Crippen LogP contribution is 2.21. The molecule has 7 nitrogen and oxygen atoms in total. The van der Waals surface area contributed by atoms with Gasteiger partial charge in [-0.25, -0.2) is 8.42 Å². The van der Waals surface area contributed by atoms with Crippen molar-refractivity contribution in [2.45, 2.75) is 10.3 Å². The molecule has 3 aromatic rings. The lowest BCUT2D eigenvalue weighted by molar-refractivity contribution is 0.0332. The number of anilines is 1. The van der Waals surface area contributed by atoms with E-state index >= 15 is 0 Å². The van der Waals surface area contributed by atoms with Crippen molar-refractivity contribution in [2.75, 3.05) is 37.6 Å². The Morgan fingerprint density at radius 2 is 1.72 bits per heavy atom. The molecule has 1 saturated heterocycles. The summed E-state index contributed by atoms with van der Waals surface area (Å²) < 4.78 is 33.0. The first-order valence-corrected chi connectivity index (χ1v) is 12.7. The third kappa shape index (κ3) is 5.74. The fraction of sp³-hybridized carbons (Fsp3) is 0.261. The van der Waals surface area contributed by atoms with Gasteiger partial charge < -0.3 is 10.1 Å². The Morgan fingerprint density at radius 3 is 2.38 bits per heavy atom. The smallest absolute Gasteiger partial charge is 0.271 e. The van der Waals surface area contributed by atoms with E-state index in [1.54, 1.807) is 41.8 Å². The maximum absolute atomic E-state index is 13.0. The molecule has 1 aliphatic heterocycles. The first-order valence-electron chi connectivity index (χ1n) is 10.3. The second-order valence-electron chi connectivity index (χ2n) is 7.46. The molecule has 1 amide bonds. The summed E-state index contributed by atoms with van der Waals surface area (Å²) >= 11 is 1.15. The van der Waals surface area contributed by atoms with Gasteiger partial charge in [0.1, 0.15) is 4.21 Å². The highest BCUT2D eigenvalue weighted by molar-refractivity contribution is 7.94. The first kappa shape index (κ1) is 22.5. The van der Waals surface area contributed by atoms with Crippen LogP contribution >= 0.6 is 11.3 Å². The number of carbonyl (C=O) groups is 1. The molecule has 1 aromatic heterocycles. The molecule has 4 rings (SSSR count). The summed E-state index contributed by atoms with van der Waals surface area (Å²) in [6.45, 7) is 3.74. The van der Waals surface area contributed by atoms with Crippen molar-refractivity contribution in [2.24, 2.45) is 0 Å². The van der Waals surface area contributed by atoms with Gasteiger partial charge in [-0.2, -0.15) is 0 Å². The zero-order chi connectivity index (χ0) is 22.4. The molecule has 0 radical (unpaired) electrons. The van der Waals surface area contributed by atoms with Gasteiger partial charge in [-0.3, -0.25) is 14.4 Å². The lowest BCUT2D eigenvalue weighted by Crippen LogP contribution is -2.43. The zero-order valence-corrected chi connectivity index (χ0v) is 19.1. The summed E-state index contributed by atoms with van der Waals surface area (Å²) in [5.74, 6) is -0.209. The van der Waals surface area contributed by atoms with Gasteiger partial charge in [0.25, 0.3) is 15.9 Å². The predicted molar refractivity (Wildman–Crippen MR) is 125 cm³/mol. The maximum Gasteiger partial charge on any atom is 0.271 e. The van der Waals surface area contributed by atoms with Crippen molar-refractivity contribution in [1.29, 1.82) is 0 Å². The molecular formula is C23H25N3O4S2. The Labute approximate surface area is 192 Å². The molecule has 1 fully saturated rings. The monoisotopic (exact) mass is 471 g/mol. The van der Waals surface area contributed by atoms with Crippen molar-refractivity contribution < 1.29 is 17.9 Å². The van der Waals surface area contributed by atoms with Crippen LogP contribution in [0.3, 0.4) is 0 Å². The van der Waals surface area contributed by atoms with Crippen LogP contribution < -0.4 is 10.0 Å². The van der Waals surface area contributed by atoms with Crippen LogP contribution in [0.15, 0.2) is 76.3 Å². The number of hydrogen-bond donors (Lipinski definition) is 2. The molecule has 168 valence electrons. The van der Waals surface area contributed by atoms with Gasteiger partial charge in [0.15, 0.2) is 0 Å². The van der Waals surface area contributed by atoms with Crippen molar-refractivity contribution in [3.05, 3.63) is 83.2 Å². The molecule has 0 spiro atoms. The molecule has 9 heteroatoms. The number of sulfonamides is 1. The van der Waals surface area contributed by atoms with Crippen LogP contribution in [0, 0.1) is 0 Å². The highest BCUT2D eigenvalue weighted by Gasteiger charge is 2.21. The maximum atomic E-state index is 13.0. The van der Waals surface area contributed by atoms with Crippen LogP contribution in [0.5, 0.6) is 0 Å². The molecule has 0 unspecified atom stereocenters. The fourth-order valence-electron chi connectivity index (χ4n) is 3.51. The third-order valence-corrected chi connectivity index (χ3v) is 7.99. The minimum atomic E-state index is -3.62. The second-order valence-corrected chi connectivity index (χ2v) is 10.3. The number of rotatable bonds is 8. The molecule has 1 aliphatic rings. The Hall–Kier alpha value is -2.72. The predicted octanol–water partition coefficient (Wildman–Crippen LogP) is 3.35. The summed E-state index contributed by atoms with van der Waals surface area (Å²) in [7, 11) is -3.62. The van der Waals surface area contributed by atoms with E-state index in [9.17, 15) is 13.2 Å². The van der Waals surface area contributed by atoms with Gasteiger partial charge in [-0.1, -0.05) is 36.4 Å². The lowest BCUT2D eigenvalue weighted by Gasteiger charge is -2.31. The zero-order valence-electron chi connectivity index (χ0n) is 17.4. The van der Waals surface area contributed by atoms with Gasteiger partial charge in [0.05, 0.1) is 19.3 Å². The van der Waals surface area contributed by atoms with Gasteiger partial charge in [0, 0.05) is 30.9 Å². The molecule has 0 saturated carbocycles. The van der Waals surface area contributed by atoms with E-state index in [2.05, 4.69) is 14.9 Å². The standard InChI is InChI=1S/C23H25N3O4S2/c27-23(19-8-10-20(11-9-19)25-32(28,29)22-7-4-16-31-22)24-21(18-5-2-1-3-6-18)17-26-12-14-30-15-13-26/h1-11,16,21,25H,12-15,17H2,(H,24,27)/t21-/m1/s1. The minimum Gasteiger partial charge on any atom is -0.379 e. The Kier molecular flexibility index (Phi) is 7.21. The SMILES string of the molecule is O=C(N[C@H](CN1CCOCC1)c1ccccc1)c1ccc(NS(=O)(=O)c2cccs2)cc1. The molecule has 2 heterocycles. The van der Waals surface area contributed by atoms with Crippen molar-refractivity contribution in [3.8, 4) is 0 Å². The topological polar surface area (TPSA) is 87.7 Å². The van der Waals surface area contributed by atoms with E-state index in [-0.39, 0.29) is 16.2 Å². The van der Waals surface area contributed by atoms with E-state index in [0.29, 0.717) is 31.0 Å². The molecular weight excluding hydrogens is 446 g/mol. The number of hydrogen-bond acceptors (Lipinski definition) is 6. The number of ether oxygens (including phenoxy) is 1. The summed E-state index contributed by atoms with van der Waals surface area (Å²) in [6, 6.07) is 19.4. The van der Waals surface area contributed by atoms with Crippen molar-refractivity contribution >= 4 is 33.0 Å². The van der Waals surface area contributed by atoms with Crippen molar-refractivity contribution in [1.82, 2.24) is 10.2 Å². The average molecular weight is 472 g/mol. The number of benzene rings is 2. The summed E-state index contributed by atoms with van der Waals surface area (Å²) in [5.41, 5.74) is 1.91. The quantitative estimate of drug-likeness (QED) is 0.526. The molecule has 1 atom stereocenters. The number of nitrogens with one attached hydrogen (secondary N) is 2. The number of nitrogens with zero attached hydrogens (tertiary/aromatic N) is 1. The van der Waals surface area contributed by atoms with Crippen molar-refractivity contribution in [3.63, 3.8) is 0 Å². The van der Waals surface area contributed by atoms with Crippen LogP contribution in [0.1, 0.15) is 22.0 Å². The molecule has 2 N–H and O–H groups in total. The Balaban J connectivity index is 1.44. The number of morpholine rings is 1. The van der Waals surface area contributed by atoms with E-state index in [0.717, 1.165) is 30.0 Å². The summed E-state index contributed by atoms with van der Waals surface area (Å²) in [6.07, 6.45) is 0. The van der Waals surface area contributed by atoms with E-state index in [4.69, 9.17) is 4.74 Å². The summed E-state index contributed by atoms with van der Waals surface area (Å²) in [5, 5.41) is 4.84. The third-order valence-electron chi connectivity index (χ3n) is 5.21. The van der Waals surface area contributed by atoms with E-state index < -0.39 is 10.0 Å². The average Bonchev–Trinajstić information content (AvgIpc) is 3.36. The van der Waals surface area contributed by atoms with Gasteiger partial charge in [-0.05, 0) is 41.3 Å².